The van der Waals surface area contributed by atoms with E-state index in [0.29, 0.717) is 41.3 Å². The number of para-hydroxylation sites is 2. The molecule has 0 aliphatic carbocycles. The molecule has 0 saturated carbocycles. The van der Waals surface area contributed by atoms with E-state index in [1.807, 2.05) is 40.7 Å². The summed E-state index contributed by atoms with van der Waals surface area (Å²) in [5, 5.41) is 3.59. The van der Waals surface area contributed by atoms with Crippen LogP contribution in [0.1, 0.15) is 56.8 Å². The standard InChI is InChI=1S/C26H33ClN4O2/c1-17(2)14-30(15-18(3)4)24(32)16-31-23-9-7-6-8-22(23)29-25(31)19(5)28-26(33)20-10-12-21(27)13-11-20/h6-13,17-19H,14-16H2,1-5H3,(H,28,33). The zero-order valence-corrected chi connectivity index (χ0v) is 20.8. The molecule has 2 aromatic carbocycles. The summed E-state index contributed by atoms with van der Waals surface area (Å²) in [6.45, 7) is 12.0. The third kappa shape index (κ3) is 6.35. The monoisotopic (exact) mass is 468 g/mol. The molecule has 1 heterocycles. The zero-order valence-electron chi connectivity index (χ0n) is 20.0. The first-order valence-corrected chi connectivity index (χ1v) is 11.8. The number of carbonyl (C=O) groups excluding carboxylic acids is 2. The number of rotatable bonds is 9. The van der Waals surface area contributed by atoms with Crippen LogP contribution in [0.4, 0.5) is 0 Å². The number of carbonyl (C=O) groups is 2. The summed E-state index contributed by atoms with van der Waals surface area (Å²) in [4.78, 5) is 32.8. The smallest absolute Gasteiger partial charge is 0.251 e. The lowest BCUT2D eigenvalue weighted by Gasteiger charge is -2.27. The summed E-state index contributed by atoms with van der Waals surface area (Å²) in [5.74, 6) is 1.25. The first-order chi connectivity index (χ1) is 15.7. The number of amides is 2. The van der Waals surface area contributed by atoms with Gasteiger partial charge in [-0.1, -0.05) is 51.4 Å². The van der Waals surface area contributed by atoms with Crippen LogP contribution in [-0.4, -0.2) is 39.4 Å². The Hall–Kier alpha value is -2.86. The van der Waals surface area contributed by atoms with E-state index in [1.165, 1.54) is 0 Å². The molecule has 1 N–H and O–H groups in total. The van der Waals surface area contributed by atoms with Crippen molar-refractivity contribution in [3.8, 4) is 0 Å². The fraction of sp³-hybridized carbons (Fsp3) is 0.423. The molecule has 0 fully saturated rings. The average molecular weight is 469 g/mol. The predicted octanol–water partition coefficient (Wildman–Crippen LogP) is 5.32. The first kappa shape index (κ1) is 24.8. The predicted molar refractivity (Wildman–Crippen MR) is 133 cm³/mol. The Kier molecular flexibility index (Phi) is 8.14. The van der Waals surface area contributed by atoms with Crippen molar-refractivity contribution in [3.63, 3.8) is 0 Å². The lowest BCUT2D eigenvalue weighted by Crippen LogP contribution is -2.39. The van der Waals surface area contributed by atoms with Gasteiger partial charge in [-0.05, 0) is 55.2 Å². The summed E-state index contributed by atoms with van der Waals surface area (Å²) in [5.41, 5.74) is 2.19. The van der Waals surface area contributed by atoms with Gasteiger partial charge in [0.25, 0.3) is 5.91 Å². The lowest BCUT2D eigenvalue weighted by molar-refractivity contribution is -0.132. The summed E-state index contributed by atoms with van der Waals surface area (Å²) < 4.78 is 1.93. The van der Waals surface area contributed by atoms with Gasteiger partial charge < -0.3 is 14.8 Å². The Labute approximate surface area is 200 Å². The molecular weight excluding hydrogens is 436 g/mol. The van der Waals surface area contributed by atoms with E-state index < -0.39 is 6.04 Å². The van der Waals surface area contributed by atoms with Gasteiger partial charge in [-0.2, -0.15) is 0 Å². The number of nitrogens with one attached hydrogen (secondary N) is 1. The van der Waals surface area contributed by atoms with Crippen LogP contribution in [0.3, 0.4) is 0 Å². The molecule has 0 bridgehead atoms. The highest BCUT2D eigenvalue weighted by Crippen LogP contribution is 2.22. The SMILES string of the molecule is CC(C)CN(CC(C)C)C(=O)Cn1c(C(C)NC(=O)c2ccc(Cl)cc2)nc2ccccc21. The highest BCUT2D eigenvalue weighted by Gasteiger charge is 2.23. The Morgan fingerprint density at radius 3 is 2.18 bits per heavy atom. The highest BCUT2D eigenvalue weighted by molar-refractivity contribution is 6.30. The van der Waals surface area contributed by atoms with Gasteiger partial charge in [-0.3, -0.25) is 9.59 Å². The van der Waals surface area contributed by atoms with E-state index in [2.05, 4.69) is 33.0 Å². The number of nitrogens with zero attached hydrogens (tertiary/aromatic N) is 3. The van der Waals surface area contributed by atoms with Gasteiger partial charge in [0.15, 0.2) is 0 Å². The number of halogens is 1. The largest absolute Gasteiger partial charge is 0.342 e. The molecule has 6 nitrogen and oxygen atoms in total. The van der Waals surface area contributed by atoms with Crippen LogP contribution in [0, 0.1) is 11.8 Å². The molecule has 3 rings (SSSR count). The van der Waals surface area contributed by atoms with Crippen molar-refractivity contribution in [2.45, 2.75) is 47.2 Å². The molecule has 33 heavy (non-hydrogen) atoms. The topological polar surface area (TPSA) is 67.2 Å². The molecule has 0 aliphatic rings. The van der Waals surface area contributed by atoms with E-state index in [0.717, 1.165) is 11.0 Å². The summed E-state index contributed by atoms with van der Waals surface area (Å²) >= 11 is 5.94. The van der Waals surface area contributed by atoms with E-state index in [-0.39, 0.29) is 18.4 Å². The van der Waals surface area contributed by atoms with E-state index in [9.17, 15) is 9.59 Å². The molecule has 7 heteroatoms. The Bertz CT molecular complexity index is 1100. The average Bonchev–Trinajstić information content (AvgIpc) is 3.11. The number of hydrogen-bond donors (Lipinski definition) is 1. The molecular formula is C26H33ClN4O2. The molecule has 1 aromatic heterocycles. The second-order valence-electron chi connectivity index (χ2n) is 9.33. The summed E-state index contributed by atoms with van der Waals surface area (Å²) in [6.07, 6.45) is 0. The van der Waals surface area contributed by atoms with Crippen molar-refractivity contribution < 1.29 is 9.59 Å². The Morgan fingerprint density at radius 1 is 0.970 bits per heavy atom. The molecule has 176 valence electrons. The van der Waals surface area contributed by atoms with Gasteiger partial charge in [-0.25, -0.2) is 4.98 Å². The van der Waals surface area contributed by atoms with E-state index in [1.54, 1.807) is 24.3 Å². The second-order valence-corrected chi connectivity index (χ2v) is 9.77. The number of fused-ring (bicyclic) bond motifs is 1. The van der Waals surface area contributed by atoms with Crippen molar-refractivity contribution in [1.29, 1.82) is 0 Å². The number of hydrogen-bond acceptors (Lipinski definition) is 3. The molecule has 3 aromatic rings. The molecule has 0 spiro atoms. The van der Waals surface area contributed by atoms with Gasteiger partial charge in [0.05, 0.1) is 17.1 Å². The summed E-state index contributed by atoms with van der Waals surface area (Å²) in [6, 6.07) is 14.1. The summed E-state index contributed by atoms with van der Waals surface area (Å²) in [7, 11) is 0. The van der Waals surface area contributed by atoms with Crippen molar-refractivity contribution >= 4 is 34.4 Å². The molecule has 1 unspecified atom stereocenters. The molecule has 0 radical (unpaired) electrons. The van der Waals surface area contributed by atoms with E-state index >= 15 is 0 Å². The minimum atomic E-state index is -0.392. The van der Waals surface area contributed by atoms with Crippen molar-refractivity contribution in [2.75, 3.05) is 13.1 Å². The van der Waals surface area contributed by atoms with Crippen LogP contribution in [0.5, 0.6) is 0 Å². The van der Waals surface area contributed by atoms with Crippen LogP contribution in [0.25, 0.3) is 11.0 Å². The van der Waals surface area contributed by atoms with Gasteiger partial charge >= 0.3 is 0 Å². The Morgan fingerprint density at radius 2 is 1.58 bits per heavy atom. The Balaban J connectivity index is 1.89. The molecule has 0 saturated heterocycles. The van der Waals surface area contributed by atoms with Crippen molar-refractivity contribution in [1.82, 2.24) is 19.8 Å². The third-order valence-corrected chi connectivity index (χ3v) is 5.59. The maximum absolute atomic E-state index is 13.4. The maximum atomic E-state index is 13.4. The number of benzene rings is 2. The lowest BCUT2D eigenvalue weighted by atomic mass is 10.1. The van der Waals surface area contributed by atoms with Crippen LogP contribution in [0.15, 0.2) is 48.5 Å². The van der Waals surface area contributed by atoms with Crippen LogP contribution < -0.4 is 5.32 Å². The van der Waals surface area contributed by atoms with Gasteiger partial charge in [-0.15, -0.1) is 0 Å². The normalized spacial score (nSPS) is 12.4. The van der Waals surface area contributed by atoms with Gasteiger partial charge in [0.2, 0.25) is 5.91 Å². The zero-order chi connectivity index (χ0) is 24.1. The molecule has 1 atom stereocenters. The van der Waals surface area contributed by atoms with Gasteiger partial charge in [0, 0.05) is 23.7 Å². The quantitative estimate of drug-likeness (QED) is 0.462. The van der Waals surface area contributed by atoms with E-state index in [4.69, 9.17) is 16.6 Å². The minimum absolute atomic E-state index is 0.0537. The van der Waals surface area contributed by atoms with Crippen molar-refractivity contribution in [3.05, 3.63) is 64.9 Å². The van der Waals surface area contributed by atoms with Gasteiger partial charge in [0.1, 0.15) is 12.4 Å². The second kappa shape index (κ2) is 10.8. The first-order valence-electron chi connectivity index (χ1n) is 11.4. The third-order valence-electron chi connectivity index (χ3n) is 5.34. The minimum Gasteiger partial charge on any atom is -0.342 e. The fourth-order valence-corrected chi connectivity index (χ4v) is 4.06. The fourth-order valence-electron chi connectivity index (χ4n) is 3.93. The number of imidazole rings is 1. The van der Waals surface area contributed by atoms with Crippen LogP contribution >= 0.6 is 11.6 Å². The maximum Gasteiger partial charge on any atom is 0.251 e. The molecule has 2 amide bonds. The van der Waals surface area contributed by atoms with Crippen LogP contribution in [-0.2, 0) is 11.3 Å². The van der Waals surface area contributed by atoms with Crippen molar-refractivity contribution in [2.24, 2.45) is 11.8 Å². The van der Waals surface area contributed by atoms with Crippen LogP contribution in [0.2, 0.25) is 5.02 Å². The number of aromatic nitrogens is 2. The highest BCUT2D eigenvalue weighted by atomic mass is 35.5. The molecule has 0 aliphatic heterocycles.